The zero-order valence-electron chi connectivity index (χ0n) is 18.2. The number of benzene rings is 1. The van der Waals surface area contributed by atoms with Crippen LogP contribution < -0.4 is 20.7 Å². The minimum atomic E-state index is -4.51. The van der Waals surface area contributed by atoms with Crippen LogP contribution in [-0.4, -0.2) is 37.6 Å². The lowest BCUT2D eigenvalue weighted by Crippen LogP contribution is -2.42. The van der Waals surface area contributed by atoms with E-state index in [1.807, 2.05) is 0 Å². The first-order valence-electron chi connectivity index (χ1n) is 9.45. The van der Waals surface area contributed by atoms with Crippen LogP contribution in [0.5, 0.6) is 5.75 Å². The van der Waals surface area contributed by atoms with Crippen molar-refractivity contribution < 1.29 is 22.7 Å². The number of aliphatic imine (C=N–C) groups is 1. The van der Waals surface area contributed by atoms with Gasteiger partial charge in [-0.3, -0.25) is 9.79 Å². The minimum absolute atomic E-state index is 0. The van der Waals surface area contributed by atoms with E-state index in [1.165, 1.54) is 19.2 Å². The van der Waals surface area contributed by atoms with E-state index in [0.717, 1.165) is 6.07 Å². The third-order valence-corrected chi connectivity index (χ3v) is 3.72. The molecule has 0 fully saturated rings. The molecule has 1 amide bonds. The molecule has 0 spiro atoms. The fourth-order valence-corrected chi connectivity index (χ4v) is 2.36. The highest BCUT2D eigenvalue weighted by molar-refractivity contribution is 14.0. The van der Waals surface area contributed by atoms with Gasteiger partial charge in [-0.1, -0.05) is 19.9 Å². The molecule has 10 heteroatoms. The van der Waals surface area contributed by atoms with Gasteiger partial charge in [0.25, 0.3) is 0 Å². The van der Waals surface area contributed by atoms with E-state index in [2.05, 4.69) is 20.9 Å². The van der Waals surface area contributed by atoms with Crippen LogP contribution in [0, 0.1) is 5.92 Å². The zero-order chi connectivity index (χ0) is 22.2. The Morgan fingerprint density at radius 1 is 1.10 bits per heavy atom. The Morgan fingerprint density at radius 3 is 2.20 bits per heavy atom. The van der Waals surface area contributed by atoms with Crippen molar-refractivity contribution in [1.82, 2.24) is 16.0 Å². The molecule has 1 rings (SSSR count). The van der Waals surface area contributed by atoms with Crippen molar-refractivity contribution >= 4 is 35.8 Å². The summed E-state index contributed by atoms with van der Waals surface area (Å²) in [5.41, 5.74) is -1.28. The molecule has 0 saturated heterocycles. The van der Waals surface area contributed by atoms with Gasteiger partial charge in [-0.25, -0.2) is 0 Å². The molecular formula is C20H32F3IN4O2. The number of ether oxygens (including phenoxy) is 1. The summed E-state index contributed by atoms with van der Waals surface area (Å²) in [5.74, 6) is 0.324. The van der Waals surface area contributed by atoms with Gasteiger partial charge in [0.05, 0.1) is 5.56 Å². The number of hydrogen-bond acceptors (Lipinski definition) is 3. The fraction of sp³-hybridized carbons (Fsp3) is 0.600. The standard InChI is InChI=1S/C20H31F3N4O2.HI/c1-13(2)17(28)25-9-10-26-18(24-6)27-12-14-7-8-15(29-19(3,4)5)11-16(14)20(21,22)23;/h7-8,11,13H,9-10,12H2,1-6H3,(H,25,28)(H2,24,26,27);1H. The molecule has 0 aliphatic carbocycles. The molecule has 0 aliphatic rings. The Morgan fingerprint density at radius 2 is 1.70 bits per heavy atom. The highest BCUT2D eigenvalue weighted by Gasteiger charge is 2.34. The van der Waals surface area contributed by atoms with Crippen molar-refractivity contribution in [3.63, 3.8) is 0 Å². The van der Waals surface area contributed by atoms with Crippen LogP contribution in [0.4, 0.5) is 13.2 Å². The number of guanidine groups is 1. The second kappa shape index (κ2) is 12.2. The SMILES string of the molecule is CN=C(NCCNC(=O)C(C)C)NCc1ccc(OC(C)(C)C)cc1C(F)(F)F.I. The van der Waals surface area contributed by atoms with Gasteiger partial charge in [0, 0.05) is 32.6 Å². The van der Waals surface area contributed by atoms with Gasteiger partial charge in [-0.2, -0.15) is 13.2 Å². The molecule has 0 saturated carbocycles. The van der Waals surface area contributed by atoms with Crippen LogP contribution in [0.3, 0.4) is 0 Å². The summed E-state index contributed by atoms with van der Waals surface area (Å²) in [4.78, 5) is 15.5. The van der Waals surface area contributed by atoms with E-state index in [9.17, 15) is 18.0 Å². The van der Waals surface area contributed by atoms with Crippen molar-refractivity contribution in [2.45, 2.75) is 52.9 Å². The molecule has 0 bridgehead atoms. The number of halogens is 4. The summed E-state index contributed by atoms with van der Waals surface area (Å²) in [5, 5.41) is 8.56. The smallest absolute Gasteiger partial charge is 0.416 e. The largest absolute Gasteiger partial charge is 0.488 e. The lowest BCUT2D eigenvalue weighted by atomic mass is 10.1. The average Bonchev–Trinajstić information content (AvgIpc) is 2.59. The van der Waals surface area contributed by atoms with E-state index in [-0.39, 0.29) is 53.7 Å². The van der Waals surface area contributed by atoms with Crippen molar-refractivity contribution in [2.75, 3.05) is 20.1 Å². The number of nitrogens with one attached hydrogen (secondary N) is 3. The van der Waals surface area contributed by atoms with Gasteiger partial charge in [0.2, 0.25) is 5.91 Å². The second-order valence-electron chi connectivity index (χ2n) is 7.83. The number of carbonyl (C=O) groups excluding carboxylic acids is 1. The molecule has 3 N–H and O–H groups in total. The van der Waals surface area contributed by atoms with Crippen molar-refractivity contribution in [1.29, 1.82) is 0 Å². The second-order valence-corrected chi connectivity index (χ2v) is 7.83. The zero-order valence-corrected chi connectivity index (χ0v) is 20.6. The predicted octanol–water partition coefficient (Wildman–Crippen LogP) is 3.94. The van der Waals surface area contributed by atoms with Gasteiger partial charge < -0.3 is 20.7 Å². The van der Waals surface area contributed by atoms with E-state index in [4.69, 9.17) is 4.74 Å². The number of amides is 1. The molecule has 1 aromatic rings. The van der Waals surface area contributed by atoms with Crippen molar-refractivity contribution in [3.05, 3.63) is 29.3 Å². The number of carbonyl (C=O) groups is 1. The number of nitrogens with zero attached hydrogens (tertiary/aromatic N) is 1. The van der Waals surface area contributed by atoms with Crippen molar-refractivity contribution in [2.24, 2.45) is 10.9 Å². The molecule has 0 atom stereocenters. The Balaban J connectivity index is 0.00000841. The van der Waals surface area contributed by atoms with Gasteiger partial charge in [0.1, 0.15) is 11.4 Å². The summed E-state index contributed by atoms with van der Waals surface area (Å²) < 4.78 is 46.0. The molecule has 0 radical (unpaired) electrons. The van der Waals surface area contributed by atoms with E-state index in [1.54, 1.807) is 34.6 Å². The predicted molar refractivity (Wildman–Crippen MR) is 123 cm³/mol. The van der Waals surface area contributed by atoms with Gasteiger partial charge in [0.15, 0.2) is 5.96 Å². The van der Waals surface area contributed by atoms with Gasteiger partial charge in [-0.05, 0) is 38.5 Å². The Bertz CT molecular complexity index is 717. The Hall–Kier alpha value is -1.72. The molecular weight excluding hydrogens is 512 g/mol. The third-order valence-electron chi connectivity index (χ3n) is 3.72. The summed E-state index contributed by atoms with van der Waals surface area (Å²) >= 11 is 0. The lowest BCUT2D eigenvalue weighted by Gasteiger charge is -2.23. The molecule has 0 aromatic heterocycles. The van der Waals surface area contributed by atoms with Gasteiger partial charge >= 0.3 is 6.18 Å². The van der Waals surface area contributed by atoms with Crippen LogP contribution in [0.15, 0.2) is 23.2 Å². The van der Waals surface area contributed by atoms with E-state index in [0.29, 0.717) is 19.0 Å². The number of alkyl halides is 3. The van der Waals surface area contributed by atoms with Crippen LogP contribution in [-0.2, 0) is 17.5 Å². The molecule has 172 valence electrons. The quantitative estimate of drug-likeness (QED) is 0.211. The molecule has 0 heterocycles. The Labute approximate surface area is 193 Å². The average molecular weight is 544 g/mol. The molecule has 0 unspecified atom stereocenters. The van der Waals surface area contributed by atoms with Crippen molar-refractivity contribution in [3.8, 4) is 5.75 Å². The first-order chi connectivity index (χ1) is 13.3. The number of rotatable bonds is 7. The van der Waals surface area contributed by atoms with Crippen LogP contribution in [0.2, 0.25) is 0 Å². The summed E-state index contributed by atoms with van der Waals surface area (Å²) in [6.45, 7) is 9.60. The molecule has 1 aromatic carbocycles. The maximum Gasteiger partial charge on any atom is 0.416 e. The van der Waals surface area contributed by atoms with E-state index >= 15 is 0 Å². The summed E-state index contributed by atoms with van der Waals surface area (Å²) in [7, 11) is 1.52. The third kappa shape index (κ3) is 10.4. The summed E-state index contributed by atoms with van der Waals surface area (Å²) in [6.07, 6.45) is -4.51. The maximum atomic E-state index is 13.5. The fourth-order valence-electron chi connectivity index (χ4n) is 2.36. The van der Waals surface area contributed by atoms with Gasteiger partial charge in [-0.15, -0.1) is 24.0 Å². The van der Waals surface area contributed by atoms with Crippen LogP contribution >= 0.6 is 24.0 Å². The monoisotopic (exact) mass is 544 g/mol. The van der Waals surface area contributed by atoms with Crippen LogP contribution in [0.1, 0.15) is 45.7 Å². The lowest BCUT2D eigenvalue weighted by molar-refractivity contribution is -0.138. The highest BCUT2D eigenvalue weighted by atomic mass is 127. The normalized spacial score (nSPS) is 12.3. The molecule has 0 aliphatic heterocycles. The molecule has 6 nitrogen and oxygen atoms in total. The molecule has 30 heavy (non-hydrogen) atoms. The Kier molecular flexibility index (Phi) is 11.5. The summed E-state index contributed by atoms with van der Waals surface area (Å²) in [6, 6.07) is 3.93. The minimum Gasteiger partial charge on any atom is -0.488 e. The number of hydrogen-bond donors (Lipinski definition) is 3. The highest BCUT2D eigenvalue weighted by Crippen LogP contribution is 2.35. The first kappa shape index (κ1) is 28.3. The topological polar surface area (TPSA) is 74.8 Å². The first-order valence-corrected chi connectivity index (χ1v) is 9.45. The maximum absolute atomic E-state index is 13.5. The van der Waals surface area contributed by atoms with Crippen LogP contribution in [0.25, 0.3) is 0 Å². The van der Waals surface area contributed by atoms with E-state index < -0.39 is 17.3 Å².